The minimum atomic E-state index is -0.0307. The number of carbonyl (C=O) groups is 1. The largest absolute Gasteiger partial charge is 0.398 e. The third kappa shape index (κ3) is 2.56. The van der Waals surface area contributed by atoms with E-state index in [2.05, 4.69) is 9.88 Å². The van der Waals surface area contributed by atoms with Crippen molar-refractivity contribution < 1.29 is 4.79 Å². The van der Waals surface area contributed by atoms with E-state index < -0.39 is 0 Å². The summed E-state index contributed by atoms with van der Waals surface area (Å²) in [6, 6.07) is 9.74. The highest BCUT2D eigenvalue weighted by Gasteiger charge is 2.28. The number of anilines is 1. The number of nitrogens with zero attached hydrogens (tertiary/aromatic N) is 3. The zero-order valence-electron chi connectivity index (χ0n) is 12.4. The first kappa shape index (κ1) is 13.8. The molecule has 1 fully saturated rings. The molecule has 110 valence electrons. The molecular formula is C16H20N4O. The number of pyridine rings is 1. The van der Waals surface area contributed by atoms with Crippen molar-refractivity contribution in [2.24, 2.45) is 0 Å². The zero-order valence-corrected chi connectivity index (χ0v) is 12.4. The number of hydrogen-bond donors (Lipinski definition) is 1. The Morgan fingerprint density at radius 2 is 2.14 bits per heavy atom. The number of hydrogen-bond acceptors (Lipinski definition) is 4. The van der Waals surface area contributed by atoms with Gasteiger partial charge in [0, 0.05) is 30.2 Å². The van der Waals surface area contributed by atoms with Gasteiger partial charge in [-0.25, -0.2) is 4.98 Å². The van der Waals surface area contributed by atoms with E-state index in [1.807, 2.05) is 43.3 Å². The highest BCUT2D eigenvalue weighted by Crippen LogP contribution is 2.22. The number of rotatable bonds is 2. The van der Waals surface area contributed by atoms with Crippen LogP contribution in [-0.2, 0) is 0 Å². The van der Waals surface area contributed by atoms with Crippen LogP contribution in [-0.4, -0.2) is 53.9 Å². The Morgan fingerprint density at radius 3 is 2.86 bits per heavy atom. The van der Waals surface area contributed by atoms with Crippen LogP contribution in [0.4, 0.5) is 5.69 Å². The van der Waals surface area contributed by atoms with Gasteiger partial charge in [-0.1, -0.05) is 18.2 Å². The molecule has 0 radical (unpaired) electrons. The lowest BCUT2D eigenvalue weighted by Crippen LogP contribution is -2.34. The molecule has 0 aliphatic carbocycles. The topological polar surface area (TPSA) is 62.5 Å². The number of nitrogens with two attached hydrogens (primary N) is 1. The maximum absolute atomic E-state index is 12.6. The number of carbonyl (C=O) groups excluding carboxylic acids is 1. The van der Waals surface area contributed by atoms with Crippen molar-refractivity contribution in [2.75, 3.05) is 32.9 Å². The first-order valence-electron chi connectivity index (χ1n) is 7.17. The Morgan fingerprint density at radius 1 is 1.38 bits per heavy atom. The average molecular weight is 284 g/mol. The first-order valence-corrected chi connectivity index (χ1v) is 7.17. The normalized spacial score (nSPS) is 18.6. The molecule has 0 bridgehead atoms. The maximum atomic E-state index is 12.6. The molecule has 1 atom stereocenters. The summed E-state index contributed by atoms with van der Waals surface area (Å²) in [7, 11) is 4.09. The third-order valence-electron chi connectivity index (χ3n) is 4.15. The van der Waals surface area contributed by atoms with E-state index in [0.717, 1.165) is 30.4 Å². The van der Waals surface area contributed by atoms with Gasteiger partial charge in [0.25, 0.3) is 5.91 Å². The molecule has 1 aliphatic heterocycles. The lowest BCUT2D eigenvalue weighted by molar-refractivity contribution is 0.0778. The summed E-state index contributed by atoms with van der Waals surface area (Å²) in [5, 5.41) is 0.890. The Kier molecular flexibility index (Phi) is 3.51. The molecule has 0 saturated carbocycles. The molecule has 5 heteroatoms. The van der Waals surface area contributed by atoms with Gasteiger partial charge < -0.3 is 15.5 Å². The number of nitrogen functional groups attached to an aromatic ring is 1. The van der Waals surface area contributed by atoms with E-state index in [0.29, 0.717) is 17.4 Å². The van der Waals surface area contributed by atoms with Gasteiger partial charge in [-0.2, -0.15) is 0 Å². The van der Waals surface area contributed by atoms with E-state index in [9.17, 15) is 4.79 Å². The fourth-order valence-corrected chi connectivity index (χ4v) is 2.82. The molecule has 1 aromatic heterocycles. The summed E-state index contributed by atoms with van der Waals surface area (Å²) in [5.74, 6) is -0.0307. The SMILES string of the molecule is CN(C)C1CCN(C(=O)c2cc(N)c3ccccc3n2)C1. The highest BCUT2D eigenvalue weighted by molar-refractivity contribution is 5.99. The second kappa shape index (κ2) is 5.33. The fraction of sp³-hybridized carbons (Fsp3) is 0.375. The van der Waals surface area contributed by atoms with E-state index in [1.165, 1.54) is 0 Å². The van der Waals surface area contributed by atoms with Crippen molar-refractivity contribution in [3.8, 4) is 0 Å². The van der Waals surface area contributed by atoms with E-state index in [-0.39, 0.29) is 5.91 Å². The van der Waals surface area contributed by atoms with Crippen LogP contribution in [0.1, 0.15) is 16.9 Å². The van der Waals surface area contributed by atoms with Gasteiger partial charge in [-0.15, -0.1) is 0 Å². The van der Waals surface area contributed by atoms with Crippen molar-refractivity contribution in [1.29, 1.82) is 0 Å². The first-order chi connectivity index (χ1) is 10.1. The molecular weight excluding hydrogens is 264 g/mol. The van der Waals surface area contributed by atoms with Gasteiger partial charge in [0.2, 0.25) is 0 Å². The summed E-state index contributed by atoms with van der Waals surface area (Å²) in [6.07, 6.45) is 1.00. The standard InChI is InChI=1S/C16H20N4O/c1-19(2)11-7-8-20(10-11)16(21)15-9-13(17)12-5-3-4-6-14(12)18-15/h3-6,9,11H,7-8,10H2,1-2H3,(H2,17,18). The van der Waals surface area contributed by atoms with Crippen LogP contribution < -0.4 is 5.73 Å². The van der Waals surface area contributed by atoms with Crippen molar-refractivity contribution in [3.05, 3.63) is 36.0 Å². The second-order valence-electron chi connectivity index (χ2n) is 5.77. The zero-order chi connectivity index (χ0) is 15.0. The quantitative estimate of drug-likeness (QED) is 0.909. The molecule has 0 spiro atoms. The third-order valence-corrected chi connectivity index (χ3v) is 4.15. The van der Waals surface area contributed by atoms with Gasteiger partial charge in [-0.3, -0.25) is 4.79 Å². The highest BCUT2D eigenvalue weighted by atomic mass is 16.2. The van der Waals surface area contributed by atoms with Crippen LogP contribution in [0.3, 0.4) is 0 Å². The van der Waals surface area contributed by atoms with Crippen molar-refractivity contribution in [3.63, 3.8) is 0 Å². The molecule has 2 aromatic rings. The molecule has 1 aliphatic rings. The van der Waals surface area contributed by atoms with Gasteiger partial charge in [0.05, 0.1) is 5.52 Å². The van der Waals surface area contributed by atoms with E-state index >= 15 is 0 Å². The molecule has 2 heterocycles. The molecule has 1 aromatic carbocycles. The van der Waals surface area contributed by atoms with Crippen LogP contribution in [0.25, 0.3) is 10.9 Å². The minimum Gasteiger partial charge on any atom is -0.398 e. The van der Waals surface area contributed by atoms with E-state index in [1.54, 1.807) is 6.07 Å². The van der Waals surface area contributed by atoms with Crippen LogP contribution in [0.5, 0.6) is 0 Å². The Hall–Kier alpha value is -2.14. The number of amides is 1. The summed E-state index contributed by atoms with van der Waals surface area (Å²) < 4.78 is 0. The van der Waals surface area contributed by atoms with Gasteiger partial charge in [-0.05, 0) is 32.6 Å². The summed E-state index contributed by atoms with van der Waals surface area (Å²) in [4.78, 5) is 21.1. The van der Waals surface area contributed by atoms with E-state index in [4.69, 9.17) is 5.73 Å². The summed E-state index contributed by atoms with van der Waals surface area (Å²) in [6.45, 7) is 1.52. The number of benzene rings is 1. The monoisotopic (exact) mass is 284 g/mol. The summed E-state index contributed by atoms with van der Waals surface area (Å²) in [5.41, 5.74) is 7.86. The molecule has 5 nitrogen and oxygen atoms in total. The number of likely N-dealkylation sites (tertiary alicyclic amines) is 1. The lowest BCUT2D eigenvalue weighted by Gasteiger charge is -2.20. The number of likely N-dealkylation sites (N-methyl/N-ethyl adjacent to an activating group) is 1. The van der Waals surface area contributed by atoms with Crippen LogP contribution in [0.2, 0.25) is 0 Å². The van der Waals surface area contributed by atoms with Gasteiger partial charge in [0.15, 0.2) is 0 Å². The number of para-hydroxylation sites is 1. The molecule has 21 heavy (non-hydrogen) atoms. The smallest absolute Gasteiger partial charge is 0.272 e. The predicted molar refractivity (Wildman–Crippen MR) is 84.2 cm³/mol. The predicted octanol–water partition coefficient (Wildman–Crippen LogP) is 1.59. The van der Waals surface area contributed by atoms with Crippen molar-refractivity contribution in [2.45, 2.75) is 12.5 Å². The fourth-order valence-electron chi connectivity index (χ4n) is 2.82. The van der Waals surface area contributed by atoms with Gasteiger partial charge in [0.1, 0.15) is 5.69 Å². The Bertz CT molecular complexity index is 683. The Labute approximate surface area is 124 Å². The van der Waals surface area contributed by atoms with Crippen molar-refractivity contribution >= 4 is 22.5 Å². The number of aromatic nitrogens is 1. The maximum Gasteiger partial charge on any atom is 0.272 e. The average Bonchev–Trinajstić information content (AvgIpc) is 2.96. The second-order valence-corrected chi connectivity index (χ2v) is 5.77. The van der Waals surface area contributed by atoms with Crippen molar-refractivity contribution in [1.82, 2.24) is 14.8 Å². The Balaban J connectivity index is 1.89. The van der Waals surface area contributed by atoms with Crippen LogP contribution in [0.15, 0.2) is 30.3 Å². The van der Waals surface area contributed by atoms with Crippen LogP contribution in [0, 0.1) is 0 Å². The molecule has 1 unspecified atom stereocenters. The number of fused-ring (bicyclic) bond motifs is 1. The molecule has 2 N–H and O–H groups in total. The minimum absolute atomic E-state index is 0.0307. The molecule has 3 rings (SSSR count). The van der Waals surface area contributed by atoms with Gasteiger partial charge >= 0.3 is 0 Å². The summed E-state index contributed by atoms with van der Waals surface area (Å²) >= 11 is 0. The lowest BCUT2D eigenvalue weighted by atomic mass is 10.1. The molecule has 1 saturated heterocycles. The van der Waals surface area contributed by atoms with Crippen LogP contribution >= 0.6 is 0 Å². The molecule has 1 amide bonds.